The van der Waals surface area contributed by atoms with Crippen molar-refractivity contribution in [2.45, 2.75) is 6.92 Å². The molecule has 0 spiro atoms. The normalized spacial score (nSPS) is 10.2. The molecular weight excluding hydrogens is 408 g/mol. The number of rotatable bonds is 6. The number of carbonyl (C=O) groups excluding carboxylic acids is 3. The molecule has 6 nitrogen and oxygen atoms in total. The maximum Gasteiger partial charge on any atom is 0.344 e. The second kappa shape index (κ2) is 9.71. The highest BCUT2D eigenvalue weighted by Crippen LogP contribution is 2.22. The number of benzene rings is 3. The van der Waals surface area contributed by atoms with Gasteiger partial charge in [0.2, 0.25) is 0 Å². The molecule has 30 heavy (non-hydrogen) atoms. The zero-order valence-electron chi connectivity index (χ0n) is 16.0. The fourth-order valence-corrected chi connectivity index (χ4v) is 2.72. The molecule has 0 radical (unpaired) electrons. The molecule has 0 aliphatic heterocycles. The minimum absolute atomic E-state index is 0.00451. The van der Waals surface area contributed by atoms with Gasteiger partial charge in [0.25, 0.3) is 0 Å². The number of hydrogen-bond acceptors (Lipinski definition) is 6. The van der Waals surface area contributed by atoms with Gasteiger partial charge in [-0.05, 0) is 55.5 Å². The Morgan fingerprint density at radius 2 is 1.23 bits per heavy atom. The first-order chi connectivity index (χ1) is 14.5. The zero-order chi connectivity index (χ0) is 21.5. The van der Waals surface area contributed by atoms with Crippen LogP contribution in [0.4, 0.5) is 0 Å². The summed E-state index contributed by atoms with van der Waals surface area (Å²) in [6, 6.07) is 18.5. The van der Waals surface area contributed by atoms with Gasteiger partial charge in [0.15, 0.2) is 0 Å². The van der Waals surface area contributed by atoms with Crippen LogP contribution in [0.1, 0.15) is 38.0 Å². The van der Waals surface area contributed by atoms with Gasteiger partial charge in [-0.1, -0.05) is 35.9 Å². The van der Waals surface area contributed by atoms with Crippen molar-refractivity contribution in [1.29, 1.82) is 0 Å². The summed E-state index contributed by atoms with van der Waals surface area (Å²) in [5, 5.41) is 0.499. The van der Waals surface area contributed by atoms with Gasteiger partial charge in [0, 0.05) is 5.02 Å². The van der Waals surface area contributed by atoms with Crippen LogP contribution >= 0.6 is 11.6 Å². The number of esters is 3. The highest BCUT2D eigenvalue weighted by molar-refractivity contribution is 6.30. The topological polar surface area (TPSA) is 78.9 Å². The molecule has 0 unspecified atom stereocenters. The first kappa shape index (κ1) is 21.1. The Kier molecular flexibility index (Phi) is 6.83. The van der Waals surface area contributed by atoms with Crippen LogP contribution in [0.5, 0.6) is 11.5 Å². The van der Waals surface area contributed by atoms with Gasteiger partial charge in [-0.25, -0.2) is 14.4 Å². The molecule has 0 aliphatic rings. The van der Waals surface area contributed by atoms with Gasteiger partial charge in [0.1, 0.15) is 17.1 Å². The average Bonchev–Trinajstić information content (AvgIpc) is 2.76. The Balaban J connectivity index is 1.84. The molecule has 3 aromatic rings. The van der Waals surface area contributed by atoms with Gasteiger partial charge in [-0.2, -0.15) is 0 Å². The zero-order valence-corrected chi connectivity index (χ0v) is 16.7. The molecule has 0 fully saturated rings. The van der Waals surface area contributed by atoms with Crippen molar-refractivity contribution in [3.63, 3.8) is 0 Å². The van der Waals surface area contributed by atoms with Crippen LogP contribution in [0, 0.1) is 0 Å². The van der Waals surface area contributed by atoms with Gasteiger partial charge < -0.3 is 14.2 Å². The van der Waals surface area contributed by atoms with Crippen molar-refractivity contribution >= 4 is 29.5 Å². The summed E-state index contributed by atoms with van der Waals surface area (Å²) >= 11 is 5.83. The van der Waals surface area contributed by atoms with Crippen LogP contribution in [0.25, 0.3) is 0 Å². The summed E-state index contributed by atoms with van der Waals surface area (Å²) in [5.41, 5.74) is 0.120. The standard InChI is InChI=1S/C23H17ClO6/c1-2-28-21(25)19-9-5-6-10-20(19)30-23(27)18-8-4-3-7-17(18)22(26)29-16-13-11-15(24)12-14-16/h3-14H,2H2,1H3. The van der Waals surface area contributed by atoms with E-state index in [1.807, 2.05) is 0 Å². The molecular formula is C23H17ClO6. The molecule has 0 saturated carbocycles. The largest absolute Gasteiger partial charge is 0.462 e. The number of halogens is 1. The van der Waals surface area contributed by atoms with E-state index in [2.05, 4.69) is 0 Å². The first-order valence-electron chi connectivity index (χ1n) is 9.04. The Bertz CT molecular complexity index is 1080. The van der Waals surface area contributed by atoms with E-state index in [1.54, 1.807) is 43.3 Å². The van der Waals surface area contributed by atoms with Crippen molar-refractivity contribution in [3.05, 3.63) is 94.5 Å². The molecule has 152 valence electrons. The summed E-state index contributed by atoms with van der Waals surface area (Å²) in [5.74, 6) is -1.85. The third kappa shape index (κ3) is 5.04. The second-order valence-corrected chi connectivity index (χ2v) is 6.43. The highest BCUT2D eigenvalue weighted by atomic mass is 35.5. The lowest BCUT2D eigenvalue weighted by atomic mass is 10.1. The SMILES string of the molecule is CCOC(=O)c1ccccc1OC(=O)c1ccccc1C(=O)Oc1ccc(Cl)cc1. The van der Waals surface area contributed by atoms with Crippen LogP contribution in [0.15, 0.2) is 72.8 Å². The molecule has 0 saturated heterocycles. The molecule has 7 heteroatoms. The minimum Gasteiger partial charge on any atom is -0.462 e. The Morgan fingerprint density at radius 1 is 0.700 bits per heavy atom. The minimum atomic E-state index is -0.810. The molecule has 0 atom stereocenters. The predicted molar refractivity (Wildman–Crippen MR) is 110 cm³/mol. The fraction of sp³-hybridized carbons (Fsp3) is 0.0870. The lowest BCUT2D eigenvalue weighted by Crippen LogP contribution is -2.18. The Morgan fingerprint density at radius 3 is 1.83 bits per heavy atom. The quantitative estimate of drug-likeness (QED) is 0.411. The van der Waals surface area contributed by atoms with E-state index in [-0.39, 0.29) is 34.8 Å². The monoisotopic (exact) mass is 424 g/mol. The molecule has 0 amide bonds. The molecule has 0 aliphatic carbocycles. The van der Waals surface area contributed by atoms with Crippen LogP contribution in [0.2, 0.25) is 5.02 Å². The summed E-state index contributed by atoms with van der Waals surface area (Å²) in [6.45, 7) is 1.86. The van der Waals surface area contributed by atoms with E-state index in [0.29, 0.717) is 5.02 Å². The smallest absolute Gasteiger partial charge is 0.344 e. The lowest BCUT2D eigenvalue weighted by Gasteiger charge is -2.11. The molecule has 0 bridgehead atoms. The molecule has 0 N–H and O–H groups in total. The number of para-hydroxylation sites is 1. The van der Waals surface area contributed by atoms with Gasteiger partial charge in [-0.15, -0.1) is 0 Å². The van der Waals surface area contributed by atoms with E-state index in [0.717, 1.165) is 0 Å². The van der Waals surface area contributed by atoms with E-state index in [9.17, 15) is 14.4 Å². The van der Waals surface area contributed by atoms with Crippen molar-refractivity contribution < 1.29 is 28.6 Å². The Labute approximate surface area is 177 Å². The highest BCUT2D eigenvalue weighted by Gasteiger charge is 2.22. The fourth-order valence-electron chi connectivity index (χ4n) is 2.59. The number of carbonyl (C=O) groups is 3. The molecule has 0 heterocycles. The van der Waals surface area contributed by atoms with E-state index in [1.165, 1.54) is 36.4 Å². The third-order valence-corrected chi connectivity index (χ3v) is 4.23. The van der Waals surface area contributed by atoms with Crippen molar-refractivity contribution in [3.8, 4) is 11.5 Å². The average molecular weight is 425 g/mol. The van der Waals surface area contributed by atoms with Crippen molar-refractivity contribution in [2.24, 2.45) is 0 Å². The molecule has 3 rings (SSSR count). The Hall–Kier alpha value is -3.64. The van der Waals surface area contributed by atoms with Crippen LogP contribution < -0.4 is 9.47 Å². The van der Waals surface area contributed by atoms with Gasteiger partial charge in [0.05, 0.1) is 17.7 Å². The summed E-state index contributed by atoms with van der Waals surface area (Å²) in [6.07, 6.45) is 0. The van der Waals surface area contributed by atoms with E-state index < -0.39 is 17.9 Å². The van der Waals surface area contributed by atoms with E-state index >= 15 is 0 Å². The van der Waals surface area contributed by atoms with Gasteiger partial charge in [-0.3, -0.25) is 0 Å². The van der Waals surface area contributed by atoms with Crippen molar-refractivity contribution in [1.82, 2.24) is 0 Å². The van der Waals surface area contributed by atoms with Gasteiger partial charge >= 0.3 is 17.9 Å². The second-order valence-electron chi connectivity index (χ2n) is 6.00. The first-order valence-corrected chi connectivity index (χ1v) is 9.42. The van der Waals surface area contributed by atoms with Crippen molar-refractivity contribution in [2.75, 3.05) is 6.61 Å². The number of ether oxygens (including phenoxy) is 3. The molecule has 0 aromatic heterocycles. The third-order valence-electron chi connectivity index (χ3n) is 3.98. The number of hydrogen-bond donors (Lipinski definition) is 0. The molecule has 3 aromatic carbocycles. The summed E-state index contributed by atoms with van der Waals surface area (Å²) in [7, 11) is 0. The summed E-state index contributed by atoms with van der Waals surface area (Å²) < 4.78 is 15.7. The maximum atomic E-state index is 12.8. The predicted octanol–water partition coefficient (Wildman–Crippen LogP) is 4.96. The van der Waals surface area contributed by atoms with Crippen LogP contribution in [0.3, 0.4) is 0 Å². The summed E-state index contributed by atoms with van der Waals surface area (Å²) in [4.78, 5) is 37.5. The van der Waals surface area contributed by atoms with Crippen LogP contribution in [-0.4, -0.2) is 24.5 Å². The maximum absolute atomic E-state index is 12.8. The lowest BCUT2D eigenvalue weighted by molar-refractivity contribution is 0.0519. The van der Waals surface area contributed by atoms with Crippen LogP contribution in [-0.2, 0) is 4.74 Å². The van der Waals surface area contributed by atoms with E-state index in [4.69, 9.17) is 25.8 Å².